The minimum atomic E-state index is -1.06. The van der Waals surface area contributed by atoms with Crippen molar-refractivity contribution >= 4 is 29.5 Å². The highest BCUT2D eigenvalue weighted by Crippen LogP contribution is 2.50. The second kappa shape index (κ2) is 16.7. The molecule has 5 amide bonds. The first kappa shape index (κ1) is 38.5. The number of hydrogen-bond acceptors (Lipinski definition) is 7. The van der Waals surface area contributed by atoms with Crippen LogP contribution in [-0.4, -0.2) is 114 Å². The smallest absolute Gasteiger partial charge is 0.315 e. The maximum atomic E-state index is 13.9. The van der Waals surface area contributed by atoms with Crippen molar-refractivity contribution in [3.63, 3.8) is 0 Å². The van der Waals surface area contributed by atoms with Crippen LogP contribution in [0.15, 0.2) is 0 Å². The van der Waals surface area contributed by atoms with E-state index in [-0.39, 0.29) is 41.8 Å². The highest BCUT2D eigenvalue weighted by Gasteiger charge is 2.49. The number of piperazine rings is 1. The van der Waals surface area contributed by atoms with Crippen LogP contribution >= 0.6 is 0 Å². The van der Waals surface area contributed by atoms with Gasteiger partial charge in [-0.05, 0) is 88.5 Å². The van der Waals surface area contributed by atoms with Crippen molar-refractivity contribution < 1.29 is 24.0 Å². The van der Waals surface area contributed by atoms with Crippen LogP contribution in [0.25, 0.3) is 0 Å². The standard InChI is InChI=1S/C38H65N7O5/c1-24-20-44(21-25(2)43(24)5)23-31(27-13-7-6-8-14-27)42-37(50)40-19-33(46)45-22-29(38(3,4)28-15-10-16-28)18-32(45)36(49)41-30(34(47)35(39)48)17-26-11-9-12-26/h24-32H,6-23H2,1-5H3,(H2,39,48)(H,41,49)(H2,40,42,50)/t24-,25+,29?,30?,31-,32+/m1/s1. The van der Waals surface area contributed by atoms with E-state index in [1.165, 1.54) is 25.7 Å². The van der Waals surface area contributed by atoms with Crippen LogP contribution in [0.3, 0.4) is 0 Å². The molecule has 0 aromatic rings. The molecule has 0 aromatic heterocycles. The van der Waals surface area contributed by atoms with E-state index >= 15 is 0 Å². The van der Waals surface area contributed by atoms with E-state index in [4.69, 9.17) is 5.73 Å². The van der Waals surface area contributed by atoms with Gasteiger partial charge in [0.15, 0.2) is 0 Å². The fraction of sp³-hybridized carbons (Fsp3) is 0.868. The van der Waals surface area contributed by atoms with Gasteiger partial charge in [-0.1, -0.05) is 58.8 Å². The second-order valence-electron chi connectivity index (χ2n) is 17.2. The van der Waals surface area contributed by atoms with Gasteiger partial charge >= 0.3 is 6.03 Å². The number of nitrogens with two attached hydrogens (primary N) is 1. The number of carbonyl (C=O) groups excluding carboxylic acids is 5. The van der Waals surface area contributed by atoms with Crippen molar-refractivity contribution in [1.29, 1.82) is 0 Å². The summed E-state index contributed by atoms with van der Waals surface area (Å²) in [5.41, 5.74) is 5.30. The largest absolute Gasteiger partial charge is 0.363 e. The van der Waals surface area contributed by atoms with Crippen molar-refractivity contribution in [2.75, 3.05) is 39.8 Å². The van der Waals surface area contributed by atoms with E-state index in [9.17, 15) is 24.0 Å². The molecule has 5 rings (SSSR count). The van der Waals surface area contributed by atoms with E-state index in [0.29, 0.717) is 43.3 Å². The zero-order chi connectivity index (χ0) is 36.2. The summed E-state index contributed by atoms with van der Waals surface area (Å²) < 4.78 is 0. The van der Waals surface area contributed by atoms with Crippen molar-refractivity contribution in [2.45, 2.75) is 141 Å². The topological polar surface area (TPSA) is 157 Å². The summed E-state index contributed by atoms with van der Waals surface area (Å²) in [4.78, 5) is 72.4. The highest BCUT2D eigenvalue weighted by atomic mass is 16.2. The molecule has 2 aliphatic heterocycles. The van der Waals surface area contributed by atoms with Crippen LogP contribution in [-0.2, 0) is 19.2 Å². The third-order valence-electron chi connectivity index (χ3n) is 13.6. The second-order valence-corrected chi connectivity index (χ2v) is 17.2. The summed E-state index contributed by atoms with van der Waals surface area (Å²) in [6.07, 6.45) is 13.0. The molecule has 5 fully saturated rings. The molecule has 50 heavy (non-hydrogen) atoms. The number of carbonyl (C=O) groups is 5. The van der Waals surface area contributed by atoms with Crippen molar-refractivity contribution in [3.05, 3.63) is 0 Å². The van der Waals surface area contributed by atoms with E-state index in [0.717, 1.165) is 64.6 Å². The first-order valence-corrected chi connectivity index (χ1v) is 19.7. The van der Waals surface area contributed by atoms with E-state index < -0.39 is 29.7 Å². The molecule has 12 heteroatoms. The van der Waals surface area contributed by atoms with E-state index in [1.807, 2.05) is 0 Å². The predicted octanol–water partition coefficient (Wildman–Crippen LogP) is 3.03. The Morgan fingerprint density at radius 2 is 1.46 bits per heavy atom. The molecule has 282 valence electrons. The maximum Gasteiger partial charge on any atom is 0.315 e. The van der Waals surface area contributed by atoms with Crippen molar-refractivity contribution in [2.24, 2.45) is 34.8 Å². The predicted molar refractivity (Wildman–Crippen MR) is 193 cm³/mol. The number of amides is 5. The molecule has 0 spiro atoms. The summed E-state index contributed by atoms with van der Waals surface area (Å²) in [5, 5.41) is 8.95. The molecule has 0 aromatic carbocycles. The monoisotopic (exact) mass is 700 g/mol. The number of hydrogen-bond donors (Lipinski definition) is 4. The molecule has 0 bridgehead atoms. The van der Waals surface area contributed by atoms with Gasteiger partial charge in [0.1, 0.15) is 6.04 Å². The van der Waals surface area contributed by atoms with Crippen molar-refractivity contribution in [3.8, 4) is 0 Å². The number of primary amides is 1. The molecule has 2 heterocycles. The Balaban J connectivity index is 1.24. The molecular formula is C38H65N7O5. The molecule has 6 atom stereocenters. The zero-order valence-electron chi connectivity index (χ0n) is 31.4. The normalized spacial score (nSPS) is 28.6. The average molecular weight is 700 g/mol. The average Bonchev–Trinajstić information content (AvgIpc) is 3.49. The van der Waals surface area contributed by atoms with Gasteiger partial charge in [-0.3, -0.25) is 29.0 Å². The lowest BCUT2D eigenvalue weighted by Crippen LogP contribution is -2.59. The van der Waals surface area contributed by atoms with Crippen LogP contribution in [0.4, 0.5) is 4.79 Å². The first-order valence-electron chi connectivity index (χ1n) is 19.7. The summed E-state index contributed by atoms with van der Waals surface area (Å²) in [6.45, 7) is 11.8. The number of nitrogens with one attached hydrogen (secondary N) is 3. The van der Waals surface area contributed by atoms with Crippen molar-refractivity contribution in [1.82, 2.24) is 30.7 Å². The Morgan fingerprint density at radius 1 is 0.820 bits per heavy atom. The Bertz CT molecular complexity index is 1220. The van der Waals surface area contributed by atoms with E-state index in [2.05, 4.69) is 60.5 Å². The number of likely N-dealkylation sites (tertiary alicyclic amines) is 1. The molecular weight excluding hydrogens is 634 g/mol. The van der Waals surface area contributed by atoms with Gasteiger partial charge < -0.3 is 26.6 Å². The summed E-state index contributed by atoms with van der Waals surface area (Å²) in [6, 6.07) is -1.29. The molecule has 2 unspecified atom stereocenters. The molecule has 5 N–H and O–H groups in total. The molecule has 12 nitrogen and oxygen atoms in total. The summed E-state index contributed by atoms with van der Waals surface area (Å²) in [7, 11) is 2.17. The third kappa shape index (κ3) is 9.19. The number of urea groups is 1. The number of likely N-dealkylation sites (N-methyl/N-ethyl adjacent to an activating group) is 1. The highest BCUT2D eigenvalue weighted by molar-refractivity contribution is 6.37. The van der Waals surface area contributed by atoms with E-state index in [1.54, 1.807) is 4.90 Å². The van der Waals surface area contributed by atoms with Gasteiger partial charge in [0, 0.05) is 44.3 Å². The number of Topliss-reactive ketones (excluding diaryl/α,β-unsaturated/α-hetero) is 1. The number of nitrogens with zero attached hydrogens (tertiary/aromatic N) is 3. The SMILES string of the molecule is C[C@@H]1CN(C[C@@H](NC(=O)NCC(=O)N2CC(C(C)(C)C3CCC3)C[C@H]2C(=O)NC(CC2CCC2)C(=O)C(N)=O)C2CCCCC2)C[C@H](C)N1C. The molecule has 0 radical (unpaired) electrons. The van der Waals surface area contributed by atoms with Crippen LogP contribution in [0, 0.1) is 29.1 Å². The Hall–Kier alpha value is -2.73. The lowest BCUT2D eigenvalue weighted by molar-refractivity contribution is -0.141. The quantitative estimate of drug-likeness (QED) is 0.203. The Labute approximate surface area is 299 Å². The number of ketones is 1. The lowest BCUT2D eigenvalue weighted by Gasteiger charge is -2.44. The maximum absolute atomic E-state index is 13.9. The molecule has 5 aliphatic rings. The lowest BCUT2D eigenvalue weighted by atomic mass is 9.61. The minimum Gasteiger partial charge on any atom is -0.363 e. The summed E-state index contributed by atoms with van der Waals surface area (Å²) >= 11 is 0. The fourth-order valence-electron chi connectivity index (χ4n) is 9.38. The first-order chi connectivity index (χ1) is 23.7. The van der Waals surface area contributed by atoms with Gasteiger partial charge in [-0.25, -0.2) is 4.79 Å². The summed E-state index contributed by atoms with van der Waals surface area (Å²) in [5.74, 6) is -1.33. The fourth-order valence-corrected chi connectivity index (χ4v) is 9.38. The Morgan fingerprint density at radius 3 is 2.02 bits per heavy atom. The number of rotatable bonds is 14. The van der Waals surface area contributed by atoms with Gasteiger partial charge in [0.05, 0.1) is 12.6 Å². The third-order valence-corrected chi connectivity index (χ3v) is 13.6. The molecule has 2 saturated heterocycles. The van der Waals surface area contributed by atoms with Gasteiger partial charge in [0.25, 0.3) is 5.91 Å². The zero-order valence-corrected chi connectivity index (χ0v) is 31.4. The van der Waals surface area contributed by atoms with Gasteiger partial charge in [0.2, 0.25) is 17.6 Å². The van der Waals surface area contributed by atoms with Crippen LogP contribution in [0.2, 0.25) is 0 Å². The molecule has 3 aliphatic carbocycles. The van der Waals surface area contributed by atoms with Gasteiger partial charge in [-0.15, -0.1) is 0 Å². The van der Waals surface area contributed by atoms with Crippen LogP contribution in [0.1, 0.15) is 111 Å². The van der Waals surface area contributed by atoms with Crippen LogP contribution < -0.4 is 21.7 Å². The minimum absolute atomic E-state index is 0.0124. The molecule has 3 saturated carbocycles. The Kier molecular flexibility index (Phi) is 12.9. The van der Waals surface area contributed by atoms with Gasteiger partial charge in [-0.2, -0.15) is 0 Å². The van der Waals surface area contributed by atoms with Crippen LogP contribution in [0.5, 0.6) is 0 Å².